The van der Waals surface area contributed by atoms with Crippen LogP contribution in [0, 0.1) is 6.92 Å². The van der Waals surface area contributed by atoms with Gasteiger partial charge in [-0.05, 0) is 32.9 Å². The molecule has 1 saturated heterocycles. The van der Waals surface area contributed by atoms with Crippen molar-refractivity contribution in [2.45, 2.75) is 32.7 Å². The van der Waals surface area contributed by atoms with E-state index in [1.165, 1.54) is 43.6 Å². The molecule has 14 heavy (non-hydrogen) atoms. The molecular formula is C11H19N3. The van der Waals surface area contributed by atoms with Crippen LogP contribution in [0.3, 0.4) is 0 Å². The summed E-state index contributed by atoms with van der Waals surface area (Å²) in [7, 11) is 1.99. The molecule has 0 unspecified atom stereocenters. The lowest BCUT2D eigenvalue weighted by atomic mass is 10.1. The summed E-state index contributed by atoms with van der Waals surface area (Å²) < 4.78 is 1.91. The lowest BCUT2D eigenvalue weighted by Crippen LogP contribution is -2.29. The van der Waals surface area contributed by atoms with Gasteiger partial charge in [0, 0.05) is 25.4 Å². The molecule has 0 spiro atoms. The van der Waals surface area contributed by atoms with Gasteiger partial charge >= 0.3 is 0 Å². The van der Waals surface area contributed by atoms with Crippen molar-refractivity contribution in [3.05, 3.63) is 17.5 Å². The molecule has 0 atom stereocenters. The van der Waals surface area contributed by atoms with Crippen LogP contribution in [0.15, 0.2) is 6.20 Å². The zero-order valence-corrected chi connectivity index (χ0v) is 9.16. The van der Waals surface area contributed by atoms with E-state index in [2.05, 4.69) is 23.1 Å². The Labute approximate surface area is 85.7 Å². The molecule has 1 aromatic rings. The monoisotopic (exact) mass is 193 g/mol. The van der Waals surface area contributed by atoms with Crippen molar-refractivity contribution in [3.8, 4) is 0 Å². The van der Waals surface area contributed by atoms with E-state index in [9.17, 15) is 0 Å². The number of aryl methyl sites for hydroxylation is 2. The minimum Gasteiger partial charge on any atom is -0.299 e. The van der Waals surface area contributed by atoms with Crippen LogP contribution in [0.5, 0.6) is 0 Å². The van der Waals surface area contributed by atoms with E-state index < -0.39 is 0 Å². The fourth-order valence-corrected chi connectivity index (χ4v) is 2.16. The summed E-state index contributed by atoms with van der Waals surface area (Å²) in [6, 6.07) is 0. The van der Waals surface area contributed by atoms with Crippen molar-refractivity contribution in [2.24, 2.45) is 7.05 Å². The second-order valence-electron chi connectivity index (χ2n) is 4.25. The van der Waals surface area contributed by atoms with Gasteiger partial charge in [0.25, 0.3) is 0 Å². The molecule has 2 rings (SSSR count). The Balaban J connectivity index is 1.98. The smallest absolute Gasteiger partial charge is 0.0638 e. The van der Waals surface area contributed by atoms with Crippen molar-refractivity contribution in [1.29, 1.82) is 0 Å². The highest BCUT2D eigenvalue weighted by molar-refractivity contribution is 5.15. The molecule has 1 fully saturated rings. The summed E-state index contributed by atoms with van der Waals surface area (Å²) in [4.78, 5) is 2.54. The highest BCUT2D eigenvalue weighted by atomic mass is 15.3. The first kappa shape index (κ1) is 9.71. The third-order valence-corrected chi connectivity index (χ3v) is 2.96. The third kappa shape index (κ3) is 2.15. The van der Waals surface area contributed by atoms with Crippen molar-refractivity contribution in [3.63, 3.8) is 0 Å². The Kier molecular flexibility index (Phi) is 2.87. The van der Waals surface area contributed by atoms with E-state index in [1.807, 2.05) is 11.7 Å². The molecular weight excluding hydrogens is 174 g/mol. The Bertz CT molecular complexity index is 297. The molecule has 3 nitrogen and oxygen atoms in total. The van der Waals surface area contributed by atoms with Gasteiger partial charge in [-0.15, -0.1) is 0 Å². The largest absolute Gasteiger partial charge is 0.299 e. The van der Waals surface area contributed by atoms with Gasteiger partial charge in [0.2, 0.25) is 0 Å². The van der Waals surface area contributed by atoms with Crippen LogP contribution < -0.4 is 0 Å². The minimum absolute atomic E-state index is 1.08. The van der Waals surface area contributed by atoms with Gasteiger partial charge in [0.1, 0.15) is 0 Å². The number of likely N-dealkylation sites (tertiary alicyclic amines) is 1. The summed E-state index contributed by atoms with van der Waals surface area (Å²) >= 11 is 0. The zero-order chi connectivity index (χ0) is 9.97. The van der Waals surface area contributed by atoms with E-state index in [4.69, 9.17) is 0 Å². The lowest BCUT2D eigenvalue weighted by Gasteiger charge is -2.25. The number of rotatable bonds is 2. The van der Waals surface area contributed by atoms with Gasteiger partial charge in [0.05, 0.1) is 5.69 Å². The first-order valence-electron chi connectivity index (χ1n) is 5.47. The molecule has 0 bridgehead atoms. The van der Waals surface area contributed by atoms with Gasteiger partial charge < -0.3 is 0 Å². The molecule has 3 heteroatoms. The summed E-state index contributed by atoms with van der Waals surface area (Å²) in [6.07, 6.45) is 6.27. The highest BCUT2D eigenvalue weighted by Gasteiger charge is 2.12. The summed E-state index contributed by atoms with van der Waals surface area (Å²) in [5.41, 5.74) is 2.56. The van der Waals surface area contributed by atoms with E-state index in [1.54, 1.807) is 0 Å². The van der Waals surface area contributed by atoms with Crippen LogP contribution in [0.1, 0.15) is 30.5 Å². The average Bonchev–Trinajstić information content (AvgIpc) is 2.47. The number of nitrogens with zero attached hydrogens (tertiary/aromatic N) is 3. The molecule has 2 heterocycles. The van der Waals surface area contributed by atoms with Crippen LogP contribution in [-0.4, -0.2) is 27.8 Å². The first-order chi connectivity index (χ1) is 6.75. The van der Waals surface area contributed by atoms with Crippen LogP contribution in [0.2, 0.25) is 0 Å². The lowest BCUT2D eigenvalue weighted by molar-refractivity contribution is 0.220. The molecule has 78 valence electrons. The second kappa shape index (κ2) is 4.13. The number of hydrogen-bond donors (Lipinski definition) is 0. The van der Waals surface area contributed by atoms with Crippen LogP contribution >= 0.6 is 0 Å². The number of piperidine rings is 1. The standard InChI is InChI=1S/C11H19N3/c1-10-11(8-13(2)12-10)9-14-6-4-3-5-7-14/h8H,3-7,9H2,1-2H3. The molecule has 0 radical (unpaired) electrons. The van der Waals surface area contributed by atoms with Crippen molar-refractivity contribution in [1.82, 2.24) is 14.7 Å². The molecule has 0 aromatic carbocycles. The highest BCUT2D eigenvalue weighted by Crippen LogP contribution is 2.14. The molecule has 0 amide bonds. The van der Waals surface area contributed by atoms with Crippen molar-refractivity contribution in [2.75, 3.05) is 13.1 Å². The summed E-state index contributed by atoms with van der Waals surface area (Å²) in [6.45, 7) is 5.70. The Morgan fingerprint density at radius 3 is 2.57 bits per heavy atom. The molecule has 0 saturated carbocycles. The van der Waals surface area contributed by atoms with Gasteiger partial charge in [-0.3, -0.25) is 9.58 Å². The van der Waals surface area contributed by atoms with Crippen molar-refractivity contribution >= 4 is 0 Å². The maximum Gasteiger partial charge on any atom is 0.0638 e. The van der Waals surface area contributed by atoms with Crippen LogP contribution in [-0.2, 0) is 13.6 Å². The zero-order valence-electron chi connectivity index (χ0n) is 9.16. The first-order valence-corrected chi connectivity index (χ1v) is 5.47. The van der Waals surface area contributed by atoms with Gasteiger partial charge in [-0.25, -0.2) is 0 Å². The quantitative estimate of drug-likeness (QED) is 0.713. The van der Waals surface area contributed by atoms with Gasteiger partial charge in [-0.2, -0.15) is 5.10 Å². The Morgan fingerprint density at radius 2 is 2.00 bits per heavy atom. The molecule has 1 aromatic heterocycles. The van der Waals surface area contributed by atoms with Gasteiger partial charge in [-0.1, -0.05) is 6.42 Å². The molecule has 0 N–H and O–H groups in total. The fraction of sp³-hybridized carbons (Fsp3) is 0.727. The minimum atomic E-state index is 1.08. The molecule has 1 aliphatic rings. The van der Waals surface area contributed by atoms with Crippen molar-refractivity contribution < 1.29 is 0 Å². The molecule has 0 aliphatic carbocycles. The number of hydrogen-bond acceptors (Lipinski definition) is 2. The van der Waals surface area contributed by atoms with E-state index in [0.717, 1.165) is 6.54 Å². The second-order valence-corrected chi connectivity index (χ2v) is 4.25. The average molecular weight is 193 g/mol. The third-order valence-electron chi connectivity index (χ3n) is 2.96. The predicted molar refractivity (Wildman–Crippen MR) is 57.1 cm³/mol. The molecule has 1 aliphatic heterocycles. The van der Waals surface area contributed by atoms with E-state index in [0.29, 0.717) is 0 Å². The predicted octanol–water partition coefficient (Wildman–Crippen LogP) is 1.71. The fourth-order valence-electron chi connectivity index (χ4n) is 2.16. The maximum absolute atomic E-state index is 4.37. The van der Waals surface area contributed by atoms with Gasteiger partial charge in [0.15, 0.2) is 0 Å². The topological polar surface area (TPSA) is 21.1 Å². The SMILES string of the molecule is Cc1nn(C)cc1CN1CCCCC1. The van der Waals surface area contributed by atoms with Crippen LogP contribution in [0.25, 0.3) is 0 Å². The summed E-state index contributed by atoms with van der Waals surface area (Å²) in [5, 5.41) is 4.37. The van der Waals surface area contributed by atoms with E-state index >= 15 is 0 Å². The van der Waals surface area contributed by atoms with E-state index in [-0.39, 0.29) is 0 Å². The Morgan fingerprint density at radius 1 is 1.29 bits per heavy atom. The van der Waals surface area contributed by atoms with Crippen LogP contribution in [0.4, 0.5) is 0 Å². The number of aromatic nitrogens is 2. The Hall–Kier alpha value is -0.830. The summed E-state index contributed by atoms with van der Waals surface area (Å²) in [5.74, 6) is 0. The maximum atomic E-state index is 4.37. The normalized spacial score (nSPS) is 18.7.